The first-order valence-corrected chi connectivity index (χ1v) is 17.9. The quantitative estimate of drug-likeness (QED) is 0.215. The molecule has 3 N–H and O–H groups in total. The lowest BCUT2D eigenvalue weighted by Gasteiger charge is -2.55. The van der Waals surface area contributed by atoms with Crippen LogP contribution in [0.2, 0.25) is 0 Å². The Balaban J connectivity index is 0.00000351. The number of nitrogens with two attached hydrogens (primary N) is 1. The summed E-state index contributed by atoms with van der Waals surface area (Å²) in [5.74, 6) is -3.27. The van der Waals surface area contributed by atoms with E-state index in [-0.39, 0.29) is 34.8 Å². The summed E-state index contributed by atoms with van der Waals surface area (Å²) in [6, 6.07) is 7.97. The molecular weight excluding hydrogens is 646 g/mol. The van der Waals surface area contributed by atoms with Gasteiger partial charge >= 0.3 is 0 Å². The van der Waals surface area contributed by atoms with Crippen molar-refractivity contribution < 1.29 is 54.4 Å². The molecule has 1 saturated carbocycles. The van der Waals surface area contributed by atoms with Crippen LogP contribution in [0, 0.1) is 11.8 Å². The second-order valence-electron chi connectivity index (χ2n) is 14.5. The van der Waals surface area contributed by atoms with Gasteiger partial charge in [0.15, 0.2) is 6.54 Å². The average Bonchev–Trinajstić information content (AvgIpc) is 3.44. The molecule has 14 heteroatoms. The monoisotopic (exact) mass is 685 g/mol. The molecule has 12 nitrogen and oxygen atoms in total. The van der Waals surface area contributed by atoms with Crippen molar-refractivity contribution >= 4 is 44.3 Å². The molecule has 0 radical (unpaired) electrons. The first-order valence-electron chi connectivity index (χ1n) is 16.4. The van der Waals surface area contributed by atoms with Crippen LogP contribution in [0.1, 0.15) is 31.7 Å². The van der Waals surface area contributed by atoms with E-state index in [9.17, 15) is 33.0 Å². The van der Waals surface area contributed by atoms with E-state index >= 15 is 0 Å². The summed E-state index contributed by atoms with van der Waals surface area (Å²) in [4.78, 5) is 38.7. The number of hydrogen-bond donors (Lipinski definition) is 2. The van der Waals surface area contributed by atoms with Gasteiger partial charge in [-0.05, 0) is 48.4 Å². The molecule has 4 saturated heterocycles. The standard InChI is InChI=1S/C33H39N5O7S.ClH/c1-19(39)27-30-22-5-3-7-24(29(22)31(33(42)43)35(30)32(27)41)36-23-6-2-4-21-20(8-9-25(28(21)23)46(36,44)45)10-11-37-12-15-38(16-13-37,17-14-37)18-26(34)40;/h2,4,6,8-9,19,22,24,27,30,39H,3,5,7,10-18H2,1H3,(H-2,34,40,42,43);1H/t19-,22+,24?,27-,30-,37?,38?;/m1./s1. The number of rotatable bonds is 8. The Kier molecular flexibility index (Phi) is 7.49. The number of aliphatic hydroxyl groups excluding tert-OH is 1. The number of anilines is 1. The third kappa shape index (κ3) is 4.49. The lowest BCUT2D eigenvalue weighted by molar-refractivity contribution is -1.08. The fourth-order valence-corrected chi connectivity index (χ4v) is 11.8. The molecule has 252 valence electrons. The van der Waals surface area contributed by atoms with Gasteiger partial charge in [-0.25, -0.2) is 8.42 Å². The van der Waals surface area contributed by atoms with Crippen molar-refractivity contribution in [3.63, 3.8) is 0 Å². The molecule has 47 heavy (non-hydrogen) atoms. The van der Waals surface area contributed by atoms with Crippen LogP contribution in [0.4, 0.5) is 5.69 Å². The van der Waals surface area contributed by atoms with Gasteiger partial charge in [0.2, 0.25) is 5.91 Å². The highest BCUT2D eigenvalue weighted by Gasteiger charge is 2.62. The summed E-state index contributed by atoms with van der Waals surface area (Å²) in [6.07, 6.45) is 1.52. The second-order valence-corrected chi connectivity index (χ2v) is 16.2. The zero-order valence-corrected chi connectivity index (χ0v) is 27.9. The number of quaternary nitrogens is 2. The normalized spacial score (nSPS) is 33.7. The molecule has 2 aromatic rings. The van der Waals surface area contributed by atoms with E-state index in [4.69, 9.17) is 5.73 Å². The van der Waals surface area contributed by atoms with Gasteiger partial charge in [-0.15, -0.1) is 0 Å². The molecule has 2 bridgehead atoms. The molecule has 5 fully saturated rings. The number of aliphatic carboxylic acids is 1. The zero-order valence-electron chi connectivity index (χ0n) is 26.3. The van der Waals surface area contributed by atoms with Gasteiger partial charge in [-0.2, -0.15) is 0 Å². The predicted octanol–water partition coefficient (Wildman–Crippen LogP) is -3.56. The molecule has 2 amide bonds. The summed E-state index contributed by atoms with van der Waals surface area (Å²) < 4.78 is 31.9. The second kappa shape index (κ2) is 10.9. The van der Waals surface area contributed by atoms with Crippen molar-refractivity contribution in [2.24, 2.45) is 17.6 Å². The summed E-state index contributed by atoms with van der Waals surface area (Å²) in [5, 5.41) is 24.4. The molecule has 9 rings (SSSR count). The first kappa shape index (κ1) is 32.3. The smallest absolute Gasteiger partial charge is 0.272 e. The number of fused-ring (bicyclic) bond motifs is 6. The van der Waals surface area contributed by atoms with Crippen LogP contribution in [0.15, 0.2) is 46.5 Å². The van der Waals surface area contributed by atoms with E-state index < -0.39 is 46.0 Å². The lowest BCUT2D eigenvalue weighted by atomic mass is 9.71. The van der Waals surface area contributed by atoms with E-state index in [0.29, 0.717) is 42.5 Å². The number of primary amides is 1. The molecule has 0 spiro atoms. The largest absolute Gasteiger partial charge is 1.00 e. The Bertz CT molecular complexity index is 1840. The Morgan fingerprint density at radius 2 is 1.74 bits per heavy atom. The minimum Gasteiger partial charge on any atom is -1.00 e. The highest BCUT2D eigenvalue weighted by Crippen LogP contribution is 2.55. The Hall–Kier alpha value is -3.23. The lowest BCUT2D eigenvalue weighted by Crippen LogP contribution is -3.00. The molecule has 6 heterocycles. The van der Waals surface area contributed by atoms with Crippen LogP contribution >= 0.6 is 0 Å². The maximum atomic E-state index is 14.4. The SMILES string of the molecule is C[C@@H](O)[C@H]1C(=O)N2C(C(=O)[O-])=C3C(N4c5cccc6c(CC[N+]78CC[N+](CC(N)=O)(CC7)CC8)ccc(c56)S4(=O)=O)CCC[C@@H]3[C@H]12.[Cl-]. The predicted molar refractivity (Wildman–Crippen MR) is 165 cm³/mol. The molecule has 1 aliphatic carbocycles. The molecule has 7 aliphatic rings. The van der Waals surface area contributed by atoms with Crippen molar-refractivity contribution in [2.75, 3.05) is 56.7 Å². The number of β-lactam (4-membered cyclic amide) rings is 1. The third-order valence-corrected chi connectivity index (χ3v) is 14.1. The van der Waals surface area contributed by atoms with Crippen LogP contribution in [0.5, 0.6) is 0 Å². The number of sulfonamides is 1. The van der Waals surface area contributed by atoms with Crippen molar-refractivity contribution in [1.82, 2.24) is 4.90 Å². The number of nitrogens with zero attached hydrogens (tertiary/aromatic N) is 4. The highest BCUT2D eigenvalue weighted by atomic mass is 35.5. The topological polar surface area (TPSA) is 161 Å². The van der Waals surface area contributed by atoms with Crippen LogP contribution in [0.25, 0.3) is 10.8 Å². The van der Waals surface area contributed by atoms with Crippen molar-refractivity contribution in [1.29, 1.82) is 0 Å². The van der Waals surface area contributed by atoms with E-state index in [2.05, 4.69) is 0 Å². The van der Waals surface area contributed by atoms with Gasteiger partial charge in [0, 0.05) is 17.7 Å². The average molecular weight is 686 g/mol. The fourth-order valence-electron chi connectivity index (χ4n) is 9.90. The number of amides is 2. The maximum absolute atomic E-state index is 14.4. The Morgan fingerprint density at radius 1 is 1.06 bits per heavy atom. The van der Waals surface area contributed by atoms with Crippen molar-refractivity contribution in [3.8, 4) is 0 Å². The number of aliphatic hydroxyl groups is 1. The third-order valence-electron chi connectivity index (χ3n) is 12.2. The van der Waals surface area contributed by atoms with E-state index in [0.717, 1.165) is 72.1 Å². The summed E-state index contributed by atoms with van der Waals surface area (Å²) in [6.45, 7) is 8.65. The van der Waals surface area contributed by atoms with Gasteiger partial charge in [0.05, 0.1) is 52.9 Å². The number of benzene rings is 2. The zero-order chi connectivity index (χ0) is 32.3. The number of hydrogen-bond acceptors (Lipinski definition) is 7. The Labute approximate surface area is 280 Å². The number of carbonyl (C=O) groups is 3. The maximum Gasteiger partial charge on any atom is 0.272 e. The molecule has 0 aromatic heterocycles. The summed E-state index contributed by atoms with van der Waals surface area (Å²) >= 11 is 0. The number of carbonyl (C=O) groups excluding carboxylic acids is 3. The number of carboxylic acid groups (broad SMARTS) is 1. The fraction of sp³-hybridized carbons (Fsp3) is 0.545. The minimum atomic E-state index is -4.03. The number of carboxylic acids is 1. The van der Waals surface area contributed by atoms with Crippen LogP contribution in [-0.2, 0) is 30.8 Å². The molecule has 5 atom stereocenters. The molecule has 2 aromatic carbocycles. The van der Waals surface area contributed by atoms with E-state index in [1.807, 2.05) is 18.2 Å². The molecule has 6 aliphatic heterocycles. The van der Waals surface area contributed by atoms with Crippen LogP contribution < -0.4 is 27.6 Å². The van der Waals surface area contributed by atoms with Crippen molar-refractivity contribution in [3.05, 3.63) is 47.2 Å². The van der Waals surface area contributed by atoms with Gasteiger partial charge < -0.3 is 47.0 Å². The van der Waals surface area contributed by atoms with Gasteiger partial charge in [0.25, 0.3) is 15.9 Å². The summed E-state index contributed by atoms with van der Waals surface area (Å²) in [5.41, 5.74) is 7.36. The van der Waals surface area contributed by atoms with E-state index in [1.165, 1.54) is 16.1 Å². The minimum absolute atomic E-state index is 0. The van der Waals surface area contributed by atoms with Gasteiger partial charge in [-0.3, -0.25) is 13.9 Å². The molecular formula is C33H40ClN5O7S. The van der Waals surface area contributed by atoms with E-state index in [1.54, 1.807) is 12.1 Å². The van der Waals surface area contributed by atoms with Crippen LogP contribution in [-0.4, -0.2) is 116 Å². The summed E-state index contributed by atoms with van der Waals surface area (Å²) in [7, 11) is -4.03. The number of piperazine rings is 3. The molecule has 1 unspecified atom stereocenters. The van der Waals surface area contributed by atoms with Crippen LogP contribution in [0.3, 0.4) is 0 Å². The number of halogens is 1. The van der Waals surface area contributed by atoms with Gasteiger partial charge in [0.1, 0.15) is 39.3 Å². The van der Waals surface area contributed by atoms with Crippen molar-refractivity contribution in [2.45, 2.75) is 55.7 Å². The Morgan fingerprint density at radius 3 is 2.38 bits per heavy atom. The first-order chi connectivity index (χ1) is 21.9. The van der Waals surface area contributed by atoms with Gasteiger partial charge in [-0.1, -0.05) is 24.6 Å². The highest BCUT2D eigenvalue weighted by molar-refractivity contribution is 7.93.